The molecular weight excluding hydrogens is 385 g/mol. The average molecular weight is 401 g/mol. The van der Waals surface area contributed by atoms with Crippen molar-refractivity contribution in [3.8, 4) is 0 Å². The van der Waals surface area contributed by atoms with Crippen molar-refractivity contribution in [2.75, 3.05) is 6.54 Å². The fraction of sp³-hybridized carbons (Fsp3) is 0.538. The van der Waals surface area contributed by atoms with Crippen molar-refractivity contribution in [3.63, 3.8) is 0 Å². The fourth-order valence-electron chi connectivity index (χ4n) is 2.59. The lowest BCUT2D eigenvalue weighted by atomic mass is 10.0. The van der Waals surface area contributed by atoms with Gasteiger partial charge >= 0.3 is 0 Å². The van der Waals surface area contributed by atoms with Crippen LogP contribution < -0.4 is 0 Å². The summed E-state index contributed by atoms with van der Waals surface area (Å²) in [4.78, 5) is 0.0179. The van der Waals surface area contributed by atoms with E-state index in [2.05, 4.69) is 15.9 Å². The highest BCUT2D eigenvalue weighted by atomic mass is 79.9. The topological polar surface area (TPSA) is 37.4 Å². The number of hydrogen-bond acceptors (Lipinski definition) is 2. The van der Waals surface area contributed by atoms with Gasteiger partial charge in [-0.1, -0.05) is 52.5 Å². The van der Waals surface area contributed by atoms with Gasteiger partial charge in [-0.25, -0.2) is 8.42 Å². The van der Waals surface area contributed by atoms with E-state index >= 15 is 0 Å². The lowest BCUT2D eigenvalue weighted by Crippen LogP contribution is -2.43. The number of halogens is 3. The fourth-order valence-corrected chi connectivity index (χ4v) is 6.25. The van der Waals surface area contributed by atoms with Crippen LogP contribution in [-0.4, -0.2) is 25.3 Å². The minimum atomic E-state index is -3.65. The molecule has 0 aliphatic carbocycles. The molecule has 0 N–H and O–H groups in total. The molecule has 1 fully saturated rings. The van der Waals surface area contributed by atoms with Crippen molar-refractivity contribution >= 4 is 49.2 Å². The molecule has 1 aromatic rings. The second-order valence-corrected chi connectivity index (χ2v) is 8.43. The Morgan fingerprint density at radius 3 is 2.45 bits per heavy atom. The molecule has 3 nitrogen and oxygen atoms in total. The van der Waals surface area contributed by atoms with E-state index in [1.165, 1.54) is 0 Å². The van der Waals surface area contributed by atoms with Crippen LogP contribution in [0.25, 0.3) is 0 Å². The second kappa shape index (κ2) is 6.53. The van der Waals surface area contributed by atoms with E-state index in [0.717, 1.165) is 25.7 Å². The molecular formula is C13H16BrCl2NO2S. The maximum absolute atomic E-state index is 12.9. The number of piperidine rings is 1. The predicted molar refractivity (Wildman–Crippen MR) is 86.0 cm³/mol. The average Bonchev–Trinajstić information content (AvgIpc) is 2.37. The lowest BCUT2D eigenvalue weighted by molar-refractivity contribution is 0.246. The summed E-state index contributed by atoms with van der Waals surface area (Å²) in [5.74, 6) is 0. The van der Waals surface area contributed by atoms with Gasteiger partial charge in [0.25, 0.3) is 0 Å². The summed E-state index contributed by atoms with van der Waals surface area (Å²) in [5, 5.41) is 0.314. The van der Waals surface area contributed by atoms with Gasteiger partial charge in [-0.2, -0.15) is 4.31 Å². The van der Waals surface area contributed by atoms with Crippen LogP contribution in [0.2, 0.25) is 10.0 Å². The van der Waals surface area contributed by atoms with Crippen molar-refractivity contribution in [2.24, 2.45) is 0 Å². The van der Waals surface area contributed by atoms with E-state index in [9.17, 15) is 8.42 Å². The van der Waals surface area contributed by atoms with Gasteiger partial charge in [0.15, 0.2) is 0 Å². The Balaban J connectivity index is 2.49. The van der Waals surface area contributed by atoms with Gasteiger partial charge in [-0.05, 0) is 31.4 Å². The lowest BCUT2D eigenvalue weighted by Gasteiger charge is -2.34. The van der Waals surface area contributed by atoms with Gasteiger partial charge in [0.1, 0.15) is 4.90 Å². The highest BCUT2D eigenvalue weighted by Crippen LogP contribution is 2.37. The van der Waals surface area contributed by atoms with E-state index in [1.54, 1.807) is 16.4 Å². The highest BCUT2D eigenvalue weighted by molar-refractivity contribution is 9.10. The van der Waals surface area contributed by atoms with Crippen LogP contribution in [0.3, 0.4) is 0 Å². The second-order valence-electron chi connectivity index (χ2n) is 4.87. The Hall–Kier alpha value is 0.190. The van der Waals surface area contributed by atoms with Crippen LogP contribution in [0.1, 0.15) is 32.6 Å². The van der Waals surface area contributed by atoms with Crippen LogP contribution in [0, 0.1) is 0 Å². The SMILES string of the molecule is CCC1CCCCN1S(=O)(=O)c1c(Cl)cc(Br)cc1Cl. The maximum Gasteiger partial charge on any atom is 0.246 e. The normalized spacial score (nSPS) is 21.1. The third-order valence-corrected chi connectivity index (χ3v) is 6.91. The molecule has 0 saturated carbocycles. The van der Waals surface area contributed by atoms with Crippen molar-refractivity contribution in [1.29, 1.82) is 0 Å². The first-order valence-corrected chi connectivity index (χ1v) is 9.53. The Morgan fingerprint density at radius 2 is 1.90 bits per heavy atom. The first-order chi connectivity index (χ1) is 9.37. The van der Waals surface area contributed by atoms with E-state index in [1.807, 2.05) is 6.92 Å². The predicted octanol–water partition coefficient (Wildman–Crippen LogP) is 4.71. The zero-order valence-corrected chi connectivity index (χ0v) is 15.0. The summed E-state index contributed by atoms with van der Waals surface area (Å²) in [5.41, 5.74) is 0. The number of hydrogen-bond donors (Lipinski definition) is 0. The summed E-state index contributed by atoms with van der Waals surface area (Å²) in [7, 11) is -3.65. The van der Waals surface area contributed by atoms with Crippen molar-refractivity contribution in [3.05, 3.63) is 26.7 Å². The number of nitrogens with zero attached hydrogens (tertiary/aromatic N) is 1. The minimum absolute atomic E-state index is 0.0179. The smallest absolute Gasteiger partial charge is 0.207 e. The first kappa shape index (κ1) is 16.6. The quantitative estimate of drug-likeness (QED) is 0.736. The molecule has 1 aliphatic rings. The third-order valence-electron chi connectivity index (χ3n) is 3.57. The molecule has 1 aliphatic heterocycles. The van der Waals surface area contributed by atoms with Crippen LogP contribution in [0.4, 0.5) is 0 Å². The van der Waals surface area contributed by atoms with Crippen molar-refractivity contribution < 1.29 is 8.42 Å². The molecule has 1 atom stereocenters. The molecule has 0 spiro atoms. The standard InChI is InChI=1S/C13H16BrCl2NO2S/c1-2-10-5-3-4-6-17(10)20(18,19)13-11(15)7-9(14)8-12(13)16/h7-8,10H,2-6H2,1H3. The Labute approximate surface area is 138 Å². The monoisotopic (exact) mass is 399 g/mol. The van der Waals surface area contributed by atoms with Gasteiger partial charge in [0, 0.05) is 17.1 Å². The van der Waals surface area contributed by atoms with Gasteiger partial charge in [0.2, 0.25) is 10.0 Å². The molecule has 0 aromatic heterocycles. The molecule has 20 heavy (non-hydrogen) atoms. The number of sulfonamides is 1. The zero-order valence-electron chi connectivity index (χ0n) is 11.1. The minimum Gasteiger partial charge on any atom is -0.207 e. The van der Waals surface area contributed by atoms with Crippen molar-refractivity contribution in [2.45, 2.75) is 43.5 Å². The zero-order chi connectivity index (χ0) is 14.9. The molecule has 0 radical (unpaired) electrons. The number of rotatable bonds is 3. The molecule has 7 heteroatoms. The van der Waals surface area contributed by atoms with Crippen molar-refractivity contribution in [1.82, 2.24) is 4.31 Å². The van der Waals surface area contributed by atoms with Crippen LogP contribution >= 0.6 is 39.1 Å². The summed E-state index contributed by atoms with van der Waals surface area (Å²) < 4.78 is 27.9. The van der Waals surface area contributed by atoms with Gasteiger partial charge in [-0.3, -0.25) is 0 Å². The Bertz CT molecular complexity index is 583. The van der Waals surface area contributed by atoms with Crippen LogP contribution in [0.5, 0.6) is 0 Å². The number of benzene rings is 1. The molecule has 1 saturated heterocycles. The summed E-state index contributed by atoms with van der Waals surface area (Å²) in [6.07, 6.45) is 3.63. The van der Waals surface area contributed by atoms with Gasteiger partial charge in [-0.15, -0.1) is 0 Å². The Kier molecular flexibility index (Phi) is 5.40. The molecule has 0 bridgehead atoms. The van der Waals surface area contributed by atoms with E-state index in [-0.39, 0.29) is 21.0 Å². The van der Waals surface area contributed by atoms with Crippen LogP contribution in [-0.2, 0) is 10.0 Å². The molecule has 1 aromatic carbocycles. The summed E-state index contributed by atoms with van der Waals surface area (Å²) in [6.45, 7) is 2.53. The third kappa shape index (κ3) is 3.17. The molecule has 1 heterocycles. The van der Waals surface area contributed by atoms with Gasteiger partial charge < -0.3 is 0 Å². The first-order valence-electron chi connectivity index (χ1n) is 6.54. The maximum atomic E-state index is 12.9. The molecule has 0 amide bonds. The van der Waals surface area contributed by atoms with E-state index < -0.39 is 10.0 Å². The van der Waals surface area contributed by atoms with Gasteiger partial charge in [0.05, 0.1) is 10.0 Å². The van der Waals surface area contributed by atoms with E-state index in [0.29, 0.717) is 11.0 Å². The molecule has 2 rings (SSSR count). The van der Waals surface area contributed by atoms with Crippen LogP contribution in [0.15, 0.2) is 21.5 Å². The van der Waals surface area contributed by atoms with E-state index in [4.69, 9.17) is 23.2 Å². The largest absolute Gasteiger partial charge is 0.246 e. The Morgan fingerprint density at radius 1 is 1.30 bits per heavy atom. The summed E-state index contributed by atoms with van der Waals surface area (Å²) in [6, 6.07) is 3.15. The highest BCUT2D eigenvalue weighted by Gasteiger charge is 2.35. The molecule has 112 valence electrons. The summed E-state index contributed by atoms with van der Waals surface area (Å²) >= 11 is 15.5. The molecule has 1 unspecified atom stereocenters.